The van der Waals surface area contributed by atoms with Crippen LogP contribution in [0.3, 0.4) is 0 Å². The van der Waals surface area contributed by atoms with Gasteiger partial charge >= 0.3 is 5.84 Å². The number of anilines is 1. The van der Waals surface area contributed by atoms with Crippen molar-refractivity contribution in [2.24, 2.45) is 10.1 Å². The van der Waals surface area contributed by atoms with E-state index in [4.69, 9.17) is 5.26 Å². The fourth-order valence-corrected chi connectivity index (χ4v) is 3.24. The van der Waals surface area contributed by atoms with E-state index < -0.39 is 22.0 Å². The first-order valence-corrected chi connectivity index (χ1v) is 8.44. The van der Waals surface area contributed by atoms with E-state index in [2.05, 4.69) is 15.4 Å². The molecule has 1 unspecified atom stereocenters. The summed E-state index contributed by atoms with van der Waals surface area (Å²) in [5, 5.41) is 16.4. The van der Waals surface area contributed by atoms with Crippen LogP contribution in [-0.2, 0) is 4.79 Å². The maximum absolute atomic E-state index is 14.5. The molecule has 138 valence electrons. The predicted octanol–water partition coefficient (Wildman–Crippen LogP) is 3.47. The average Bonchev–Trinajstić information content (AvgIpc) is 3.16. The Labute approximate surface area is 159 Å². The molecule has 6 nitrogen and oxygen atoms in total. The second kappa shape index (κ2) is 6.48. The number of hydrogen-bond donors (Lipinski definition) is 1. The molecule has 0 saturated carbocycles. The number of aliphatic imine (C=N–C) groups is 1. The van der Waals surface area contributed by atoms with Crippen LogP contribution < -0.4 is 9.91 Å². The molecular weight excluding hydrogens is 364 g/mol. The van der Waals surface area contributed by atoms with E-state index in [1.165, 1.54) is 12.3 Å². The van der Waals surface area contributed by atoms with Crippen LogP contribution in [-0.4, -0.2) is 23.9 Å². The van der Waals surface area contributed by atoms with Gasteiger partial charge in [-0.1, -0.05) is 9.69 Å². The summed E-state index contributed by atoms with van der Waals surface area (Å²) < 4.78 is 27.4. The van der Waals surface area contributed by atoms with E-state index in [0.717, 1.165) is 12.1 Å². The zero-order valence-corrected chi connectivity index (χ0v) is 14.8. The summed E-state index contributed by atoms with van der Waals surface area (Å²) in [6, 6.07) is 11.9. The topological polar surface area (TPSA) is 77.6 Å². The molecule has 8 heteroatoms. The number of carbonyl (C=O) groups excluding carboxylic acids is 1. The summed E-state index contributed by atoms with van der Waals surface area (Å²) in [7, 11) is 0. The molecule has 2 aromatic carbocycles. The van der Waals surface area contributed by atoms with Gasteiger partial charge in [0.15, 0.2) is 17.2 Å². The van der Waals surface area contributed by atoms with Crippen molar-refractivity contribution >= 4 is 28.7 Å². The summed E-state index contributed by atoms with van der Waals surface area (Å²) in [6.45, 7) is 1.78. The first-order valence-electron chi connectivity index (χ1n) is 8.44. The van der Waals surface area contributed by atoms with E-state index in [0.29, 0.717) is 16.9 Å². The number of Topliss-reactive ketones (excluding diaryl/α,β-unsaturated/α-hetero) is 1. The van der Waals surface area contributed by atoms with Crippen LogP contribution in [0, 0.1) is 23.0 Å². The van der Waals surface area contributed by atoms with E-state index in [1.807, 2.05) is 6.07 Å². The molecule has 0 spiro atoms. The van der Waals surface area contributed by atoms with Crippen molar-refractivity contribution in [2.45, 2.75) is 6.92 Å². The minimum Gasteiger partial charge on any atom is -0.379 e. The first kappa shape index (κ1) is 17.7. The van der Waals surface area contributed by atoms with Crippen molar-refractivity contribution in [3.05, 3.63) is 71.6 Å². The van der Waals surface area contributed by atoms with Crippen LogP contribution in [0.2, 0.25) is 0 Å². The maximum Gasteiger partial charge on any atom is 0.315 e. The van der Waals surface area contributed by atoms with Crippen molar-refractivity contribution in [2.75, 3.05) is 11.9 Å². The highest BCUT2D eigenvalue weighted by Crippen LogP contribution is 2.39. The number of carbonyl (C=O) groups is 1. The van der Waals surface area contributed by atoms with Gasteiger partial charge in [0.2, 0.25) is 5.69 Å². The monoisotopic (exact) mass is 378 g/mol. The van der Waals surface area contributed by atoms with E-state index in [9.17, 15) is 13.6 Å². The summed E-state index contributed by atoms with van der Waals surface area (Å²) in [6.07, 6.45) is 1.46. The second-order valence-electron chi connectivity index (χ2n) is 6.37. The molecule has 0 amide bonds. The number of nitriles is 1. The van der Waals surface area contributed by atoms with Gasteiger partial charge in [-0.3, -0.25) is 4.79 Å². The summed E-state index contributed by atoms with van der Waals surface area (Å²) >= 11 is 0. The van der Waals surface area contributed by atoms with Crippen molar-refractivity contribution < 1.29 is 13.6 Å². The highest BCUT2D eigenvalue weighted by atomic mass is 19.1. The van der Waals surface area contributed by atoms with Crippen LogP contribution in [0.1, 0.15) is 12.5 Å². The lowest BCUT2D eigenvalue weighted by Gasteiger charge is -2.23. The van der Waals surface area contributed by atoms with Crippen LogP contribution in [0.15, 0.2) is 64.5 Å². The summed E-state index contributed by atoms with van der Waals surface area (Å²) in [5.74, 6) is -1.87. The van der Waals surface area contributed by atoms with Crippen molar-refractivity contribution in [3.8, 4) is 6.07 Å². The number of rotatable bonds is 4. The number of benzene rings is 2. The van der Waals surface area contributed by atoms with Crippen LogP contribution in [0.25, 0.3) is 0 Å². The first-order chi connectivity index (χ1) is 13.5. The third kappa shape index (κ3) is 2.61. The molecule has 2 aliphatic rings. The Morgan fingerprint density at radius 3 is 2.61 bits per heavy atom. The Morgan fingerprint density at radius 2 is 1.93 bits per heavy atom. The van der Waals surface area contributed by atoms with Crippen molar-refractivity contribution in [1.82, 2.24) is 4.59 Å². The molecule has 1 N–H and O–H groups in total. The number of hydrogen-bond acceptors (Lipinski definition) is 5. The molecule has 1 atom stereocenters. The quantitative estimate of drug-likeness (QED) is 0.828. The molecule has 0 aromatic heterocycles. The van der Waals surface area contributed by atoms with Gasteiger partial charge in [-0.2, -0.15) is 10.3 Å². The number of nitrogens with one attached hydrogen (secondary N) is 1. The molecular formula is C20H14F2N5O+. The number of halogens is 2. The molecule has 28 heavy (non-hydrogen) atoms. The van der Waals surface area contributed by atoms with E-state index in [-0.39, 0.29) is 23.8 Å². The smallest absolute Gasteiger partial charge is 0.315 e. The minimum atomic E-state index is -0.805. The number of amidine groups is 1. The Hall–Kier alpha value is -3.70. The number of quaternary nitrogens is 1. The van der Waals surface area contributed by atoms with E-state index in [1.54, 1.807) is 31.2 Å². The van der Waals surface area contributed by atoms with Gasteiger partial charge in [0.05, 0.1) is 24.4 Å². The SMILES string of the molecule is CC1=CN=C2C(=O)C(CNc3ccc(C#N)cc3)=N[N+]12c1ccc(F)cc1F. The predicted molar refractivity (Wildman–Crippen MR) is 101 cm³/mol. The number of ketones is 1. The van der Waals surface area contributed by atoms with Gasteiger partial charge in [0.1, 0.15) is 5.82 Å². The zero-order valence-electron chi connectivity index (χ0n) is 14.8. The Bertz CT molecular complexity index is 1130. The largest absolute Gasteiger partial charge is 0.379 e. The summed E-state index contributed by atoms with van der Waals surface area (Å²) in [5.41, 5.74) is 1.97. The zero-order chi connectivity index (χ0) is 19.9. The molecule has 2 aromatic rings. The number of fused-ring (bicyclic) bond motifs is 1. The van der Waals surface area contributed by atoms with Crippen LogP contribution in [0.4, 0.5) is 20.2 Å². The van der Waals surface area contributed by atoms with Gasteiger partial charge < -0.3 is 5.32 Å². The van der Waals surface area contributed by atoms with Crippen molar-refractivity contribution in [1.29, 1.82) is 5.26 Å². The lowest BCUT2D eigenvalue weighted by Crippen LogP contribution is -2.45. The molecule has 0 aliphatic carbocycles. The Kier molecular flexibility index (Phi) is 4.09. The minimum absolute atomic E-state index is 0.0353. The van der Waals surface area contributed by atoms with Gasteiger partial charge in [-0.05, 0) is 30.3 Å². The second-order valence-corrected chi connectivity index (χ2v) is 6.37. The third-order valence-corrected chi connectivity index (χ3v) is 4.66. The third-order valence-electron chi connectivity index (χ3n) is 4.66. The Morgan fingerprint density at radius 1 is 1.18 bits per heavy atom. The van der Waals surface area contributed by atoms with E-state index >= 15 is 0 Å². The molecule has 0 bridgehead atoms. The fraction of sp³-hybridized carbons (Fsp3) is 0.100. The lowest BCUT2D eigenvalue weighted by atomic mass is 10.2. The van der Waals surface area contributed by atoms with Crippen LogP contribution >= 0.6 is 0 Å². The molecule has 0 radical (unpaired) electrons. The maximum atomic E-state index is 14.5. The van der Waals surface area contributed by atoms with Crippen molar-refractivity contribution in [3.63, 3.8) is 0 Å². The highest BCUT2D eigenvalue weighted by molar-refractivity contribution is 6.70. The lowest BCUT2D eigenvalue weighted by molar-refractivity contribution is -0.107. The normalized spacial score (nSPS) is 20.2. The average molecular weight is 378 g/mol. The fourth-order valence-electron chi connectivity index (χ4n) is 3.24. The summed E-state index contributed by atoms with van der Waals surface area (Å²) in [4.78, 5) is 17.0. The van der Waals surface area contributed by atoms with Gasteiger partial charge in [-0.25, -0.2) is 8.78 Å². The van der Waals surface area contributed by atoms with Gasteiger partial charge in [0.25, 0.3) is 5.78 Å². The molecule has 0 saturated heterocycles. The molecule has 2 heterocycles. The Balaban J connectivity index is 1.68. The molecule has 0 fully saturated rings. The highest BCUT2D eigenvalue weighted by Gasteiger charge is 2.56. The van der Waals surface area contributed by atoms with Crippen LogP contribution in [0.5, 0.6) is 0 Å². The number of allylic oxidation sites excluding steroid dienone is 1. The molecule has 2 aliphatic heterocycles. The molecule has 4 rings (SSSR count). The van der Waals surface area contributed by atoms with Gasteiger partial charge in [0, 0.05) is 24.7 Å². The number of nitrogens with zero attached hydrogens (tertiary/aromatic N) is 4. The van der Waals surface area contributed by atoms with Gasteiger partial charge in [-0.15, -0.1) is 0 Å². The standard InChI is InChI=1S/C20H14F2N5O/c1-12-10-25-20-19(28)17(11-24-15-5-2-13(9-23)3-6-15)26-27(12,20)18-7-4-14(21)8-16(18)22/h2-8,10,24H,11H2,1H3/q+1.